The summed E-state index contributed by atoms with van der Waals surface area (Å²) in [5.41, 5.74) is 2.25. The van der Waals surface area contributed by atoms with Gasteiger partial charge in [0.05, 0.1) is 0 Å². The van der Waals surface area contributed by atoms with Crippen molar-refractivity contribution in [3.8, 4) is 0 Å². The molecule has 18 heavy (non-hydrogen) atoms. The molecule has 0 saturated carbocycles. The molecule has 1 heterocycles. The first kappa shape index (κ1) is 13.1. The molecular weight excluding hydrogens is 244 g/mol. The van der Waals surface area contributed by atoms with Gasteiger partial charge in [0.15, 0.2) is 0 Å². The van der Waals surface area contributed by atoms with Crippen molar-refractivity contribution in [1.29, 1.82) is 0 Å². The Morgan fingerprint density at radius 1 is 1.17 bits per heavy atom. The molecule has 0 unspecified atom stereocenters. The summed E-state index contributed by atoms with van der Waals surface area (Å²) in [7, 11) is 0. The van der Waals surface area contributed by atoms with Crippen LogP contribution in [0.2, 0.25) is 5.02 Å². The van der Waals surface area contributed by atoms with Gasteiger partial charge in [0.1, 0.15) is 0 Å². The number of rotatable bonds is 5. The van der Waals surface area contributed by atoms with E-state index in [1.54, 1.807) is 0 Å². The van der Waals surface area contributed by atoms with Gasteiger partial charge in [0, 0.05) is 35.9 Å². The second-order valence-electron chi connectivity index (χ2n) is 4.27. The molecular formula is C15H17ClN2. The first-order chi connectivity index (χ1) is 8.77. The van der Waals surface area contributed by atoms with E-state index in [2.05, 4.69) is 23.3 Å². The number of benzene rings is 1. The minimum Gasteiger partial charge on any atom is -0.310 e. The molecule has 2 rings (SSSR count). The third kappa shape index (κ3) is 3.56. The van der Waals surface area contributed by atoms with Crippen molar-refractivity contribution in [3.63, 3.8) is 0 Å². The molecule has 0 aliphatic rings. The summed E-state index contributed by atoms with van der Waals surface area (Å²) in [4.78, 5) is 4.30. The van der Waals surface area contributed by atoms with Gasteiger partial charge < -0.3 is 5.32 Å². The Hall–Kier alpha value is -1.38. The summed E-state index contributed by atoms with van der Waals surface area (Å²) in [6.07, 6.45) is 2.75. The topological polar surface area (TPSA) is 24.9 Å². The molecule has 0 radical (unpaired) electrons. The minimum absolute atomic E-state index is 0.252. The molecule has 1 N–H and O–H groups in total. The summed E-state index contributed by atoms with van der Waals surface area (Å²) >= 11 is 6.16. The van der Waals surface area contributed by atoms with Crippen LogP contribution in [0, 0.1) is 0 Å². The quantitative estimate of drug-likeness (QED) is 0.888. The molecule has 2 nitrogen and oxygen atoms in total. The standard InChI is InChI=1S/C15H17ClN2/c1-12(14-7-2-3-8-15(14)16)17-11-9-13-6-4-5-10-18-13/h2-8,10,12,17H,9,11H2,1H3/t12-/m1/s1. The fraction of sp³-hybridized carbons (Fsp3) is 0.267. The molecule has 0 amide bonds. The lowest BCUT2D eigenvalue weighted by atomic mass is 10.1. The van der Waals surface area contributed by atoms with Gasteiger partial charge in [0.25, 0.3) is 0 Å². The highest BCUT2D eigenvalue weighted by atomic mass is 35.5. The fourth-order valence-electron chi connectivity index (χ4n) is 1.90. The van der Waals surface area contributed by atoms with Crippen LogP contribution in [0.3, 0.4) is 0 Å². The lowest BCUT2D eigenvalue weighted by Crippen LogP contribution is -2.21. The monoisotopic (exact) mass is 260 g/mol. The number of halogens is 1. The highest BCUT2D eigenvalue weighted by molar-refractivity contribution is 6.31. The molecule has 2 aromatic rings. The molecule has 1 atom stereocenters. The van der Waals surface area contributed by atoms with Crippen molar-refractivity contribution < 1.29 is 0 Å². The van der Waals surface area contributed by atoms with E-state index in [0.29, 0.717) is 0 Å². The van der Waals surface area contributed by atoms with E-state index in [4.69, 9.17) is 11.6 Å². The van der Waals surface area contributed by atoms with E-state index in [1.165, 1.54) is 0 Å². The maximum atomic E-state index is 6.16. The number of nitrogens with zero attached hydrogens (tertiary/aromatic N) is 1. The first-order valence-corrected chi connectivity index (χ1v) is 6.53. The van der Waals surface area contributed by atoms with Crippen LogP contribution in [-0.4, -0.2) is 11.5 Å². The summed E-state index contributed by atoms with van der Waals surface area (Å²) in [5.74, 6) is 0. The van der Waals surface area contributed by atoms with E-state index in [1.807, 2.05) is 42.6 Å². The summed E-state index contributed by atoms with van der Waals surface area (Å²) in [5, 5.41) is 4.28. The van der Waals surface area contributed by atoms with Crippen molar-refractivity contribution in [2.45, 2.75) is 19.4 Å². The lowest BCUT2D eigenvalue weighted by molar-refractivity contribution is 0.574. The van der Waals surface area contributed by atoms with Gasteiger partial charge in [-0.1, -0.05) is 35.9 Å². The second-order valence-corrected chi connectivity index (χ2v) is 4.68. The lowest BCUT2D eigenvalue weighted by Gasteiger charge is -2.15. The zero-order chi connectivity index (χ0) is 12.8. The number of pyridine rings is 1. The Morgan fingerprint density at radius 3 is 2.67 bits per heavy atom. The Kier molecular flexibility index (Phi) is 4.73. The summed E-state index contributed by atoms with van der Waals surface area (Å²) < 4.78 is 0. The molecule has 0 aliphatic heterocycles. The number of nitrogens with one attached hydrogen (secondary N) is 1. The van der Waals surface area contributed by atoms with Crippen LogP contribution in [-0.2, 0) is 6.42 Å². The number of hydrogen-bond acceptors (Lipinski definition) is 2. The van der Waals surface area contributed by atoms with Gasteiger partial charge in [-0.15, -0.1) is 0 Å². The zero-order valence-corrected chi connectivity index (χ0v) is 11.2. The Balaban J connectivity index is 1.86. The van der Waals surface area contributed by atoms with Crippen LogP contribution in [0.4, 0.5) is 0 Å². The first-order valence-electron chi connectivity index (χ1n) is 6.15. The van der Waals surface area contributed by atoms with Crippen LogP contribution in [0.5, 0.6) is 0 Å². The molecule has 0 bridgehead atoms. The highest BCUT2D eigenvalue weighted by Crippen LogP contribution is 2.21. The smallest absolute Gasteiger partial charge is 0.0453 e. The van der Waals surface area contributed by atoms with Crippen LogP contribution >= 0.6 is 11.6 Å². The SMILES string of the molecule is C[C@@H](NCCc1ccccn1)c1ccccc1Cl. The fourth-order valence-corrected chi connectivity index (χ4v) is 2.20. The molecule has 0 spiro atoms. The van der Waals surface area contributed by atoms with Gasteiger partial charge in [-0.25, -0.2) is 0 Å². The van der Waals surface area contributed by atoms with Gasteiger partial charge in [-0.3, -0.25) is 4.98 Å². The van der Waals surface area contributed by atoms with Crippen LogP contribution in [0.15, 0.2) is 48.7 Å². The molecule has 3 heteroatoms. The van der Waals surface area contributed by atoms with Crippen molar-refractivity contribution in [3.05, 3.63) is 64.9 Å². The van der Waals surface area contributed by atoms with E-state index >= 15 is 0 Å². The van der Waals surface area contributed by atoms with E-state index in [-0.39, 0.29) is 6.04 Å². The van der Waals surface area contributed by atoms with E-state index in [9.17, 15) is 0 Å². The van der Waals surface area contributed by atoms with Crippen LogP contribution in [0.25, 0.3) is 0 Å². The Bertz CT molecular complexity index is 485. The van der Waals surface area contributed by atoms with Crippen molar-refractivity contribution >= 4 is 11.6 Å². The van der Waals surface area contributed by atoms with Gasteiger partial charge in [-0.2, -0.15) is 0 Å². The zero-order valence-electron chi connectivity index (χ0n) is 10.4. The Labute approximate surface area is 113 Å². The number of aromatic nitrogens is 1. The largest absolute Gasteiger partial charge is 0.310 e. The van der Waals surface area contributed by atoms with Crippen LogP contribution in [0.1, 0.15) is 24.2 Å². The molecule has 0 fully saturated rings. The molecule has 1 aromatic carbocycles. The third-order valence-electron chi connectivity index (χ3n) is 2.93. The number of hydrogen-bond donors (Lipinski definition) is 1. The minimum atomic E-state index is 0.252. The predicted octanol–water partition coefficient (Wildman–Crippen LogP) is 3.63. The average Bonchev–Trinajstić information content (AvgIpc) is 2.40. The summed E-state index contributed by atoms with van der Waals surface area (Å²) in [6.45, 7) is 3.02. The third-order valence-corrected chi connectivity index (χ3v) is 3.27. The molecule has 0 saturated heterocycles. The summed E-state index contributed by atoms with van der Waals surface area (Å²) in [6, 6.07) is 14.2. The molecule has 94 valence electrons. The maximum Gasteiger partial charge on any atom is 0.0453 e. The van der Waals surface area contributed by atoms with Crippen molar-refractivity contribution in [1.82, 2.24) is 10.3 Å². The van der Waals surface area contributed by atoms with Crippen molar-refractivity contribution in [2.24, 2.45) is 0 Å². The normalized spacial score (nSPS) is 12.3. The predicted molar refractivity (Wildman–Crippen MR) is 75.8 cm³/mol. The van der Waals surface area contributed by atoms with Crippen molar-refractivity contribution in [2.75, 3.05) is 6.54 Å². The molecule has 1 aromatic heterocycles. The van der Waals surface area contributed by atoms with Crippen LogP contribution < -0.4 is 5.32 Å². The van der Waals surface area contributed by atoms with Gasteiger partial charge in [-0.05, 0) is 30.7 Å². The maximum absolute atomic E-state index is 6.16. The van der Waals surface area contributed by atoms with E-state index in [0.717, 1.165) is 29.2 Å². The van der Waals surface area contributed by atoms with Gasteiger partial charge >= 0.3 is 0 Å². The molecule has 0 aliphatic carbocycles. The second kappa shape index (κ2) is 6.53. The Morgan fingerprint density at radius 2 is 1.94 bits per heavy atom. The van der Waals surface area contributed by atoms with E-state index < -0.39 is 0 Å². The average molecular weight is 261 g/mol. The highest BCUT2D eigenvalue weighted by Gasteiger charge is 2.07. The van der Waals surface area contributed by atoms with Gasteiger partial charge in [0.2, 0.25) is 0 Å².